The summed E-state index contributed by atoms with van der Waals surface area (Å²) in [5.41, 5.74) is 13.8. The van der Waals surface area contributed by atoms with Crippen LogP contribution in [0, 0.1) is 7.14 Å². The molecule has 7 aromatic carbocycles. The first-order valence-electron chi connectivity index (χ1n) is 16.8. The molecule has 236 valence electrons. The third-order valence-corrected chi connectivity index (χ3v) is 12.8. The van der Waals surface area contributed by atoms with Gasteiger partial charge in [-0.2, -0.15) is 0 Å². The zero-order valence-electron chi connectivity index (χ0n) is 27.0. The Kier molecular flexibility index (Phi) is 6.95. The van der Waals surface area contributed by atoms with Crippen LogP contribution in [0.3, 0.4) is 0 Å². The predicted octanol–water partition coefficient (Wildman–Crippen LogP) is 8.35. The molecule has 0 unspecified atom stereocenters. The SMILES string of the molecule is c1ccc(-c2cc(-c3ccccc3)nc(-c3cccc(-n4c5ccccc5c5cc(-c6cccc7c6[I-]c6ccccc6-7)ccc54)c3)n2)cc1. The standard InChI is InChI=1S/C46H29IN3/c1-3-13-30(14-4-1)41-29-42(31-15-5-2-6-16-31)49-46(48-41)33-17-11-18-34(27-33)50-43-24-10-8-20-37(43)39-28-32(25-26-44(39)50)35-21-12-22-38-36-19-7-9-23-40(36)47-45(35)38/h1-29H/q-1. The van der Waals surface area contributed by atoms with Crippen molar-refractivity contribution >= 4 is 21.8 Å². The van der Waals surface area contributed by atoms with Crippen LogP contribution in [-0.2, 0) is 0 Å². The van der Waals surface area contributed by atoms with Crippen molar-refractivity contribution in [1.82, 2.24) is 14.5 Å². The van der Waals surface area contributed by atoms with Gasteiger partial charge in [0.05, 0.1) is 11.4 Å². The first-order valence-corrected chi connectivity index (χ1v) is 19.0. The van der Waals surface area contributed by atoms with E-state index < -0.39 is 0 Å². The third-order valence-electron chi connectivity index (χ3n) is 9.57. The summed E-state index contributed by atoms with van der Waals surface area (Å²) in [5.74, 6) is 0.706. The number of rotatable bonds is 5. The summed E-state index contributed by atoms with van der Waals surface area (Å²) in [6.07, 6.45) is 0. The summed E-state index contributed by atoms with van der Waals surface area (Å²) in [6.45, 7) is 0. The molecule has 4 heteroatoms. The molecule has 9 aromatic rings. The number of hydrogen-bond acceptors (Lipinski definition) is 2. The molecule has 3 heterocycles. The fourth-order valence-electron chi connectivity index (χ4n) is 7.22. The van der Waals surface area contributed by atoms with Crippen molar-refractivity contribution in [3.63, 3.8) is 0 Å². The van der Waals surface area contributed by atoms with Gasteiger partial charge in [0.2, 0.25) is 0 Å². The molecule has 0 saturated heterocycles. The van der Waals surface area contributed by atoms with Crippen LogP contribution in [0.1, 0.15) is 0 Å². The van der Waals surface area contributed by atoms with Gasteiger partial charge in [-0.05, 0) is 6.07 Å². The first-order chi connectivity index (χ1) is 24.8. The summed E-state index contributed by atoms with van der Waals surface area (Å²) < 4.78 is 5.42. The van der Waals surface area contributed by atoms with Crippen LogP contribution in [0.15, 0.2) is 176 Å². The molecule has 50 heavy (non-hydrogen) atoms. The normalized spacial score (nSPS) is 12.1. The molecule has 0 aliphatic carbocycles. The van der Waals surface area contributed by atoms with Crippen LogP contribution in [0.5, 0.6) is 0 Å². The topological polar surface area (TPSA) is 30.7 Å². The second-order valence-electron chi connectivity index (χ2n) is 12.6. The van der Waals surface area contributed by atoms with Gasteiger partial charge in [-0.1, -0.05) is 60.7 Å². The molecule has 0 amide bonds. The zero-order valence-corrected chi connectivity index (χ0v) is 29.1. The predicted molar refractivity (Wildman–Crippen MR) is 201 cm³/mol. The van der Waals surface area contributed by atoms with Crippen molar-refractivity contribution in [1.29, 1.82) is 0 Å². The van der Waals surface area contributed by atoms with Gasteiger partial charge in [0.1, 0.15) is 0 Å². The van der Waals surface area contributed by atoms with E-state index in [0.29, 0.717) is 5.82 Å². The van der Waals surface area contributed by atoms with Gasteiger partial charge >= 0.3 is 213 Å². The Morgan fingerprint density at radius 1 is 0.400 bits per heavy atom. The smallest absolute Gasteiger partial charge is 0.0616 e. The maximum atomic E-state index is 5.12. The number of nitrogens with zero attached hydrogens (tertiary/aromatic N) is 3. The summed E-state index contributed by atoms with van der Waals surface area (Å²) in [6, 6.07) is 63.0. The Hall–Kier alpha value is -5.85. The molecule has 1 aliphatic rings. The number of hydrogen-bond donors (Lipinski definition) is 0. The van der Waals surface area contributed by atoms with Gasteiger partial charge in [0.25, 0.3) is 0 Å². The monoisotopic (exact) mass is 750 g/mol. The molecule has 0 fully saturated rings. The number of para-hydroxylation sites is 1. The fourth-order valence-corrected chi connectivity index (χ4v) is 10.5. The Balaban J connectivity index is 1.12. The van der Waals surface area contributed by atoms with E-state index >= 15 is 0 Å². The quantitative estimate of drug-likeness (QED) is 0.166. The second-order valence-corrected chi connectivity index (χ2v) is 15.4. The van der Waals surface area contributed by atoms with Gasteiger partial charge in [0.15, 0.2) is 0 Å². The minimum atomic E-state index is -0.235. The van der Waals surface area contributed by atoms with Crippen molar-refractivity contribution < 1.29 is 21.2 Å². The van der Waals surface area contributed by atoms with Crippen molar-refractivity contribution in [3.05, 3.63) is 183 Å². The van der Waals surface area contributed by atoms with E-state index in [-0.39, 0.29) is 21.2 Å². The van der Waals surface area contributed by atoms with Gasteiger partial charge in [-0.15, -0.1) is 0 Å². The molecule has 0 atom stereocenters. The molecule has 2 aromatic heterocycles. The third kappa shape index (κ3) is 4.86. The second kappa shape index (κ2) is 11.9. The molecule has 0 N–H and O–H groups in total. The van der Waals surface area contributed by atoms with E-state index in [2.05, 4.69) is 168 Å². The number of fused-ring (bicyclic) bond motifs is 6. The summed E-state index contributed by atoms with van der Waals surface area (Å²) >= 11 is -0.235. The van der Waals surface area contributed by atoms with Crippen LogP contribution in [0.4, 0.5) is 0 Å². The van der Waals surface area contributed by atoms with Crippen molar-refractivity contribution in [3.8, 4) is 61.8 Å². The summed E-state index contributed by atoms with van der Waals surface area (Å²) in [4.78, 5) is 10.2. The Bertz CT molecular complexity index is 2670. The van der Waals surface area contributed by atoms with Crippen molar-refractivity contribution in [2.75, 3.05) is 0 Å². The maximum absolute atomic E-state index is 5.12. The molecule has 1 aliphatic heterocycles. The van der Waals surface area contributed by atoms with E-state index in [1.807, 2.05) is 12.1 Å². The van der Waals surface area contributed by atoms with E-state index in [0.717, 1.165) is 33.8 Å². The number of benzene rings is 7. The van der Waals surface area contributed by atoms with Crippen LogP contribution in [0.2, 0.25) is 0 Å². The molecule has 3 nitrogen and oxygen atoms in total. The van der Waals surface area contributed by atoms with Crippen LogP contribution < -0.4 is 21.2 Å². The van der Waals surface area contributed by atoms with Gasteiger partial charge < -0.3 is 0 Å². The van der Waals surface area contributed by atoms with E-state index in [1.54, 1.807) is 0 Å². The van der Waals surface area contributed by atoms with Crippen LogP contribution in [-0.4, -0.2) is 14.5 Å². The fraction of sp³-hybridized carbons (Fsp3) is 0. The zero-order chi connectivity index (χ0) is 33.0. The Labute approximate surface area is 300 Å². The van der Waals surface area contributed by atoms with Crippen molar-refractivity contribution in [2.45, 2.75) is 0 Å². The van der Waals surface area contributed by atoms with Crippen LogP contribution >= 0.6 is 0 Å². The number of aromatic nitrogens is 3. The van der Waals surface area contributed by atoms with Gasteiger partial charge in [-0.3, -0.25) is 0 Å². The molecule has 0 radical (unpaired) electrons. The molecule has 0 spiro atoms. The first kappa shape index (κ1) is 29.1. The van der Waals surface area contributed by atoms with E-state index in [1.165, 1.54) is 51.2 Å². The van der Waals surface area contributed by atoms with Gasteiger partial charge in [-0.25, -0.2) is 0 Å². The summed E-state index contributed by atoms with van der Waals surface area (Å²) in [5, 5.41) is 2.50. The summed E-state index contributed by atoms with van der Waals surface area (Å²) in [7, 11) is 0. The van der Waals surface area contributed by atoms with Gasteiger partial charge in [0, 0.05) is 11.1 Å². The minimum absolute atomic E-state index is 0.235. The minimum Gasteiger partial charge on any atom is -0.0616 e. The molecular weight excluding hydrogens is 721 g/mol. The molecular formula is C46H29IN3-. The van der Waals surface area contributed by atoms with E-state index in [4.69, 9.17) is 9.97 Å². The number of halogens is 1. The molecule has 0 bridgehead atoms. The molecule has 0 saturated carbocycles. The molecule has 10 rings (SSSR count). The Morgan fingerprint density at radius 3 is 1.82 bits per heavy atom. The average molecular weight is 751 g/mol. The van der Waals surface area contributed by atoms with Crippen LogP contribution in [0.25, 0.3) is 83.6 Å². The Morgan fingerprint density at radius 2 is 1.02 bits per heavy atom. The average Bonchev–Trinajstić information content (AvgIpc) is 3.74. The van der Waals surface area contributed by atoms with E-state index in [9.17, 15) is 0 Å². The van der Waals surface area contributed by atoms with Crippen molar-refractivity contribution in [2.24, 2.45) is 0 Å².